The lowest BCUT2D eigenvalue weighted by molar-refractivity contribution is -0.139. The Labute approximate surface area is 136 Å². The summed E-state index contributed by atoms with van der Waals surface area (Å²) in [6.07, 6.45) is 0.867. The van der Waals surface area contributed by atoms with Crippen molar-refractivity contribution in [2.45, 2.75) is 38.7 Å². The molecular formula is C15H23BN2O5. The van der Waals surface area contributed by atoms with E-state index in [0.29, 0.717) is 25.8 Å². The number of nitrogens with one attached hydrogen (secondary N) is 2. The highest BCUT2D eigenvalue weighted by Gasteiger charge is 2.20. The maximum absolute atomic E-state index is 11.7. The quantitative estimate of drug-likeness (QED) is 0.381. The highest BCUT2D eigenvalue weighted by atomic mass is 16.5. The van der Waals surface area contributed by atoms with Crippen LogP contribution in [0.15, 0.2) is 30.3 Å². The molecule has 0 saturated heterocycles. The lowest BCUT2D eigenvalue weighted by atomic mass is 9.89. The molecule has 0 spiro atoms. The second-order valence-corrected chi connectivity index (χ2v) is 5.22. The van der Waals surface area contributed by atoms with Gasteiger partial charge in [-0.2, -0.15) is 0 Å². The largest absolute Gasteiger partial charge is 0.480 e. The third-order valence-corrected chi connectivity index (χ3v) is 3.16. The first-order valence-electron chi connectivity index (χ1n) is 7.60. The van der Waals surface area contributed by atoms with Crippen LogP contribution in [0.2, 0.25) is 6.82 Å². The standard InChI is InChI=1S/C15H23BN2O5/c1-16(22)17-10-6-5-9-13(14(19)20)18-15(21)23-11-12-7-3-2-4-8-12/h2-4,7-8,13,17,22H,5-6,9-11H2,1H3,(H,18,21)(H,19,20). The lowest BCUT2D eigenvalue weighted by Crippen LogP contribution is -2.41. The van der Waals surface area contributed by atoms with Crippen molar-refractivity contribution in [3.63, 3.8) is 0 Å². The highest BCUT2D eigenvalue weighted by molar-refractivity contribution is 6.45. The maximum Gasteiger partial charge on any atom is 0.408 e. The summed E-state index contributed by atoms with van der Waals surface area (Å²) in [5, 5.41) is 23.3. The molecule has 1 rings (SSSR count). The molecule has 0 heterocycles. The SMILES string of the molecule is CB(O)NCCCCC(NC(=O)OCc1ccccc1)C(=O)O. The second kappa shape index (κ2) is 10.6. The number of carboxylic acids is 1. The Morgan fingerprint density at radius 3 is 2.57 bits per heavy atom. The van der Waals surface area contributed by atoms with E-state index in [1.54, 1.807) is 6.82 Å². The van der Waals surface area contributed by atoms with Gasteiger partial charge in [0.25, 0.3) is 0 Å². The number of amides is 1. The number of carbonyl (C=O) groups is 2. The topological polar surface area (TPSA) is 108 Å². The first-order valence-corrected chi connectivity index (χ1v) is 7.60. The molecule has 4 N–H and O–H groups in total. The number of rotatable bonds is 10. The van der Waals surface area contributed by atoms with E-state index in [1.165, 1.54) is 0 Å². The van der Waals surface area contributed by atoms with Crippen molar-refractivity contribution in [3.05, 3.63) is 35.9 Å². The number of aliphatic carboxylic acids is 1. The van der Waals surface area contributed by atoms with Crippen LogP contribution in [0.5, 0.6) is 0 Å². The van der Waals surface area contributed by atoms with Gasteiger partial charge in [-0.25, -0.2) is 9.59 Å². The van der Waals surface area contributed by atoms with Gasteiger partial charge in [0, 0.05) is 0 Å². The van der Waals surface area contributed by atoms with Crippen LogP contribution >= 0.6 is 0 Å². The minimum absolute atomic E-state index is 0.0946. The molecule has 0 bridgehead atoms. The number of hydrogen-bond acceptors (Lipinski definition) is 5. The summed E-state index contributed by atoms with van der Waals surface area (Å²) in [5.74, 6) is -1.09. The van der Waals surface area contributed by atoms with Gasteiger partial charge in [0.05, 0.1) is 0 Å². The van der Waals surface area contributed by atoms with Gasteiger partial charge in [-0.05, 0) is 38.2 Å². The normalized spacial score (nSPS) is 11.6. The molecule has 8 heteroatoms. The van der Waals surface area contributed by atoms with Gasteiger partial charge >= 0.3 is 19.1 Å². The molecular weight excluding hydrogens is 299 g/mol. The van der Waals surface area contributed by atoms with Gasteiger partial charge in [-0.1, -0.05) is 30.3 Å². The molecule has 0 aromatic heterocycles. The molecule has 1 unspecified atom stereocenters. The molecule has 0 radical (unpaired) electrons. The van der Waals surface area contributed by atoms with Gasteiger partial charge < -0.3 is 25.4 Å². The van der Waals surface area contributed by atoms with E-state index in [4.69, 9.17) is 14.9 Å². The Bertz CT molecular complexity index is 484. The van der Waals surface area contributed by atoms with Gasteiger partial charge in [-0.15, -0.1) is 0 Å². The summed E-state index contributed by atoms with van der Waals surface area (Å²) >= 11 is 0. The first-order chi connectivity index (χ1) is 11.0. The van der Waals surface area contributed by atoms with Crippen molar-refractivity contribution in [1.82, 2.24) is 10.5 Å². The second-order valence-electron chi connectivity index (χ2n) is 5.22. The van der Waals surface area contributed by atoms with Gasteiger partial charge in [-0.3, -0.25) is 0 Å². The minimum atomic E-state index is -1.09. The Morgan fingerprint density at radius 2 is 1.96 bits per heavy atom. The summed E-state index contributed by atoms with van der Waals surface area (Å²) in [7, 11) is -0.587. The molecule has 1 atom stereocenters. The molecule has 1 amide bonds. The van der Waals surface area contributed by atoms with Crippen LogP contribution in [0, 0.1) is 0 Å². The van der Waals surface area contributed by atoms with Gasteiger partial charge in [0.1, 0.15) is 12.6 Å². The molecule has 0 aliphatic rings. The first kappa shape index (κ1) is 19.0. The molecule has 0 aliphatic heterocycles. The molecule has 0 saturated carbocycles. The summed E-state index contributed by atoms with van der Waals surface area (Å²) < 4.78 is 5.01. The summed E-state index contributed by atoms with van der Waals surface area (Å²) in [6, 6.07) is 8.17. The molecule has 7 nitrogen and oxygen atoms in total. The lowest BCUT2D eigenvalue weighted by Gasteiger charge is -2.14. The summed E-state index contributed by atoms with van der Waals surface area (Å²) in [6.45, 7) is 2.30. The maximum atomic E-state index is 11.7. The Kier molecular flexibility index (Phi) is 8.78. The number of unbranched alkanes of at least 4 members (excludes halogenated alkanes) is 1. The molecule has 126 valence electrons. The number of benzene rings is 1. The number of ether oxygens (including phenoxy) is 1. The van der Waals surface area contributed by atoms with Crippen LogP contribution in [-0.4, -0.2) is 41.8 Å². The van der Waals surface area contributed by atoms with E-state index in [9.17, 15) is 9.59 Å². The zero-order valence-electron chi connectivity index (χ0n) is 13.2. The predicted octanol–water partition coefficient (Wildman–Crippen LogP) is 1.24. The minimum Gasteiger partial charge on any atom is -0.480 e. The van der Waals surface area contributed by atoms with E-state index < -0.39 is 25.2 Å². The van der Waals surface area contributed by atoms with Crippen molar-refractivity contribution in [1.29, 1.82) is 0 Å². The average molecular weight is 322 g/mol. The van der Waals surface area contributed by atoms with Crippen LogP contribution in [-0.2, 0) is 16.1 Å². The smallest absolute Gasteiger partial charge is 0.408 e. The van der Waals surface area contributed by atoms with Crippen LogP contribution < -0.4 is 10.5 Å². The monoisotopic (exact) mass is 322 g/mol. The van der Waals surface area contributed by atoms with Gasteiger partial charge in [0.2, 0.25) is 0 Å². The van der Waals surface area contributed by atoms with E-state index in [-0.39, 0.29) is 6.61 Å². The predicted molar refractivity (Wildman–Crippen MR) is 86.9 cm³/mol. The zero-order valence-corrected chi connectivity index (χ0v) is 13.2. The summed E-state index contributed by atoms with van der Waals surface area (Å²) in [5.41, 5.74) is 0.832. The van der Waals surface area contributed by atoms with Crippen molar-refractivity contribution in [3.8, 4) is 0 Å². The van der Waals surface area contributed by atoms with Crippen molar-refractivity contribution >= 4 is 19.1 Å². The Hall–Kier alpha value is -2.06. The molecule has 0 aliphatic carbocycles. The van der Waals surface area contributed by atoms with Gasteiger partial charge in [0.15, 0.2) is 0 Å². The van der Waals surface area contributed by atoms with E-state index >= 15 is 0 Å². The van der Waals surface area contributed by atoms with E-state index in [2.05, 4.69) is 10.5 Å². The molecule has 23 heavy (non-hydrogen) atoms. The number of carbonyl (C=O) groups excluding carboxylic acids is 1. The number of carboxylic acid groups (broad SMARTS) is 1. The highest BCUT2D eigenvalue weighted by Crippen LogP contribution is 2.04. The third kappa shape index (κ3) is 8.85. The molecule has 0 fully saturated rings. The van der Waals surface area contributed by atoms with Crippen molar-refractivity contribution < 1.29 is 24.5 Å². The van der Waals surface area contributed by atoms with Crippen LogP contribution in [0.3, 0.4) is 0 Å². The van der Waals surface area contributed by atoms with E-state index in [1.807, 2.05) is 30.3 Å². The number of alkyl carbamates (subject to hydrolysis) is 1. The fourth-order valence-electron chi connectivity index (χ4n) is 1.95. The summed E-state index contributed by atoms with van der Waals surface area (Å²) in [4.78, 5) is 22.8. The number of hydrogen-bond donors (Lipinski definition) is 4. The Morgan fingerprint density at radius 1 is 1.26 bits per heavy atom. The van der Waals surface area contributed by atoms with Crippen molar-refractivity contribution in [2.24, 2.45) is 0 Å². The van der Waals surface area contributed by atoms with Crippen molar-refractivity contribution in [2.75, 3.05) is 6.54 Å². The fraction of sp³-hybridized carbons (Fsp3) is 0.467. The fourth-order valence-corrected chi connectivity index (χ4v) is 1.95. The molecule has 1 aromatic rings. The van der Waals surface area contributed by atoms with Crippen LogP contribution in [0.25, 0.3) is 0 Å². The Balaban J connectivity index is 2.28. The third-order valence-electron chi connectivity index (χ3n) is 3.16. The molecule has 1 aromatic carbocycles. The van der Waals surface area contributed by atoms with Crippen LogP contribution in [0.4, 0.5) is 4.79 Å². The average Bonchev–Trinajstić information content (AvgIpc) is 2.52. The van der Waals surface area contributed by atoms with Crippen LogP contribution in [0.1, 0.15) is 24.8 Å². The van der Waals surface area contributed by atoms with E-state index in [0.717, 1.165) is 5.56 Å². The zero-order chi connectivity index (χ0) is 17.1.